The third-order valence-electron chi connectivity index (χ3n) is 5.42. The summed E-state index contributed by atoms with van der Waals surface area (Å²) in [6, 6.07) is 12.8. The number of amidine groups is 2. The molecule has 0 unspecified atom stereocenters. The molecule has 1 aromatic heterocycles. The Morgan fingerprint density at radius 2 is 1.95 bits per heavy atom. The highest BCUT2D eigenvalue weighted by Gasteiger charge is 2.31. The van der Waals surface area contributed by atoms with E-state index in [2.05, 4.69) is 4.98 Å². The normalized spacial score (nSPS) is 14.6. The maximum Gasteiger partial charge on any atom is 0.160 e. The van der Waals surface area contributed by atoms with E-state index < -0.39 is 6.67 Å². The number of nitrogens with one attached hydrogen (secondary N) is 2. The highest BCUT2D eigenvalue weighted by Crippen LogP contribution is 2.36. The standard InChI is InChI=1S/C18H18ClFN4OS2.C8H10O2/c19-12-3-4-14-11(6-12)10-26-15(18(22)24(14)16(21)8-20)7-17-23-9-13(27-17)2-1-5-25;1-9-7-5-3-4-6-8(7)10-2/h3-6,9,15,21-22H,1-2,7-8,10H2;3-6H,1-2H3/t15-;/m0./s1. The van der Waals surface area contributed by atoms with Crippen molar-refractivity contribution < 1.29 is 18.7 Å². The summed E-state index contributed by atoms with van der Waals surface area (Å²) in [5.74, 6) is 2.06. The van der Waals surface area contributed by atoms with E-state index in [9.17, 15) is 9.18 Å². The molecule has 7 nitrogen and oxygen atoms in total. The van der Waals surface area contributed by atoms with Crippen LogP contribution in [0.4, 0.5) is 10.1 Å². The molecule has 1 aliphatic heterocycles. The fourth-order valence-electron chi connectivity index (χ4n) is 3.64. The number of hydrogen-bond acceptors (Lipinski definition) is 8. The average molecular weight is 563 g/mol. The smallest absolute Gasteiger partial charge is 0.160 e. The number of thioether (sulfide) groups is 1. The molecule has 0 fully saturated rings. The number of rotatable bonds is 8. The number of aromatic nitrogens is 1. The van der Waals surface area contributed by atoms with Crippen LogP contribution in [0.3, 0.4) is 0 Å². The van der Waals surface area contributed by atoms with Crippen LogP contribution in [-0.4, -0.2) is 49.1 Å². The van der Waals surface area contributed by atoms with Crippen molar-refractivity contribution in [3.8, 4) is 11.5 Å². The van der Waals surface area contributed by atoms with Gasteiger partial charge in [0.2, 0.25) is 0 Å². The fraction of sp³-hybridized carbons (Fsp3) is 0.308. The van der Waals surface area contributed by atoms with Gasteiger partial charge in [0.1, 0.15) is 24.6 Å². The van der Waals surface area contributed by atoms with Crippen LogP contribution in [0.25, 0.3) is 0 Å². The second kappa shape index (κ2) is 14.1. The molecule has 0 saturated heterocycles. The number of aryl methyl sites for hydroxylation is 1. The Hall–Kier alpha value is -2.95. The zero-order valence-corrected chi connectivity index (χ0v) is 22.9. The molecule has 3 aromatic rings. The summed E-state index contributed by atoms with van der Waals surface area (Å²) < 4.78 is 23.3. The number of halogens is 2. The monoisotopic (exact) mass is 562 g/mol. The number of para-hydroxylation sites is 2. The summed E-state index contributed by atoms with van der Waals surface area (Å²) in [5, 5.41) is 17.8. The minimum atomic E-state index is -0.949. The van der Waals surface area contributed by atoms with Crippen LogP contribution in [-0.2, 0) is 23.4 Å². The van der Waals surface area contributed by atoms with Crippen molar-refractivity contribution in [2.24, 2.45) is 0 Å². The van der Waals surface area contributed by atoms with Gasteiger partial charge in [-0.2, -0.15) is 0 Å². The van der Waals surface area contributed by atoms with E-state index >= 15 is 0 Å². The zero-order chi connectivity index (χ0) is 26.8. The third kappa shape index (κ3) is 7.53. The quantitative estimate of drug-likeness (QED) is 0.192. The van der Waals surface area contributed by atoms with Crippen molar-refractivity contribution in [2.75, 3.05) is 25.8 Å². The Labute approximate surface area is 229 Å². The Bertz CT molecular complexity index is 1220. The summed E-state index contributed by atoms with van der Waals surface area (Å²) in [5.41, 5.74) is 1.51. The number of alkyl halides is 1. The maximum absolute atomic E-state index is 13.3. The van der Waals surface area contributed by atoms with Crippen LogP contribution in [0.15, 0.2) is 48.7 Å². The van der Waals surface area contributed by atoms with Crippen molar-refractivity contribution in [3.63, 3.8) is 0 Å². The van der Waals surface area contributed by atoms with Gasteiger partial charge >= 0.3 is 0 Å². The van der Waals surface area contributed by atoms with Crippen LogP contribution in [0.1, 0.15) is 21.9 Å². The van der Waals surface area contributed by atoms with Crippen molar-refractivity contribution in [2.45, 2.75) is 30.3 Å². The number of benzene rings is 2. The molecular formula is C26H28ClFN4O3S2. The number of carbonyl (C=O) groups excluding carboxylic acids is 1. The second-order valence-corrected chi connectivity index (χ2v) is 10.7. The molecule has 2 heterocycles. The lowest BCUT2D eigenvalue weighted by Gasteiger charge is -2.27. The van der Waals surface area contributed by atoms with Crippen molar-refractivity contribution in [1.29, 1.82) is 10.8 Å². The van der Waals surface area contributed by atoms with Crippen molar-refractivity contribution in [3.05, 3.63) is 69.1 Å². The number of fused-ring (bicyclic) bond motifs is 1. The Morgan fingerprint density at radius 1 is 1.24 bits per heavy atom. The number of aldehydes is 1. The first-order valence-corrected chi connectivity index (χ1v) is 13.6. The number of anilines is 1. The van der Waals surface area contributed by atoms with Crippen LogP contribution in [0.2, 0.25) is 5.02 Å². The Morgan fingerprint density at radius 3 is 2.57 bits per heavy atom. The predicted octanol–water partition coefficient (Wildman–Crippen LogP) is 6.22. The molecule has 37 heavy (non-hydrogen) atoms. The lowest BCUT2D eigenvalue weighted by molar-refractivity contribution is -0.107. The largest absolute Gasteiger partial charge is 0.493 e. The Balaban J connectivity index is 0.000000319. The second-order valence-electron chi connectivity index (χ2n) is 7.86. The molecule has 0 amide bonds. The predicted molar refractivity (Wildman–Crippen MR) is 150 cm³/mol. The minimum absolute atomic E-state index is 0.174. The number of methoxy groups -OCH3 is 2. The van der Waals surface area contributed by atoms with Crippen LogP contribution in [0.5, 0.6) is 11.5 Å². The van der Waals surface area contributed by atoms with Gasteiger partial charge in [0.15, 0.2) is 11.5 Å². The van der Waals surface area contributed by atoms with Gasteiger partial charge in [-0.05, 0) is 42.3 Å². The topological polar surface area (TPSA) is 99.4 Å². The van der Waals surface area contributed by atoms with E-state index in [1.54, 1.807) is 50.4 Å². The van der Waals surface area contributed by atoms with E-state index in [1.165, 1.54) is 16.2 Å². The zero-order valence-electron chi connectivity index (χ0n) is 20.5. The molecule has 0 radical (unpaired) electrons. The summed E-state index contributed by atoms with van der Waals surface area (Å²) in [6.45, 7) is -0.949. The molecule has 0 aliphatic carbocycles. The maximum atomic E-state index is 13.3. The number of nitrogens with zero attached hydrogens (tertiary/aromatic N) is 2. The van der Waals surface area contributed by atoms with E-state index in [1.807, 2.05) is 24.3 Å². The van der Waals surface area contributed by atoms with Crippen LogP contribution < -0.4 is 14.4 Å². The lowest BCUT2D eigenvalue weighted by atomic mass is 10.1. The SMILES string of the molecule is COc1ccccc1OC.N=C(CF)N1C(=N)[C@H](Cc2ncc(CCC=O)s2)SCc2cc(Cl)ccc21. The minimum Gasteiger partial charge on any atom is -0.493 e. The first kappa shape index (κ1) is 28.6. The lowest BCUT2D eigenvalue weighted by Crippen LogP contribution is -2.42. The molecular weight excluding hydrogens is 535 g/mol. The molecule has 0 spiro atoms. The van der Waals surface area contributed by atoms with Gasteiger partial charge in [-0.1, -0.05) is 23.7 Å². The molecule has 1 atom stereocenters. The molecule has 11 heteroatoms. The molecule has 0 bridgehead atoms. The average Bonchev–Trinajstić information content (AvgIpc) is 3.32. The van der Waals surface area contributed by atoms with E-state index in [0.29, 0.717) is 35.7 Å². The van der Waals surface area contributed by atoms with Crippen LogP contribution >= 0.6 is 34.7 Å². The molecule has 196 valence electrons. The van der Waals surface area contributed by atoms with Gasteiger partial charge in [0.05, 0.1) is 30.2 Å². The first-order valence-electron chi connectivity index (χ1n) is 11.4. The van der Waals surface area contributed by atoms with Crippen molar-refractivity contribution in [1.82, 2.24) is 4.98 Å². The van der Waals surface area contributed by atoms with E-state index in [0.717, 1.165) is 33.2 Å². The van der Waals surface area contributed by atoms with E-state index in [-0.39, 0.29) is 16.9 Å². The van der Waals surface area contributed by atoms with Gasteiger partial charge < -0.3 is 14.3 Å². The number of thiazole rings is 1. The third-order valence-corrected chi connectivity index (χ3v) is 8.01. The Kier molecular flexibility index (Phi) is 10.9. The number of ether oxygens (including phenoxy) is 2. The molecule has 0 saturated carbocycles. The summed E-state index contributed by atoms with van der Waals surface area (Å²) in [6.07, 6.45) is 4.31. The van der Waals surface area contributed by atoms with Gasteiger partial charge in [0, 0.05) is 34.7 Å². The first-order chi connectivity index (χ1) is 17.9. The highest BCUT2D eigenvalue weighted by molar-refractivity contribution is 7.99. The molecule has 1 aliphatic rings. The summed E-state index contributed by atoms with van der Waals surface area (Å²) in [7, 11) is 3.25. The van der Waals surface area contributed by atoms with Crippen LogP contribution in [0, 0.1) is 10.8 Å². The fourth-order valence-corrected chi connectivity index (χ4v) is 6.08. The van der Waals surface area contributed by atoms with Crippen molar-refractivity contribution >= 4 is 58.3 Å². The van der Waals surface area contributed by atoms with Gasteiger partial charge in [-0.3, -0.25) is 15.7 Å². The van der Waals surface area contributed by atoms with Gasteiger partial charge in [-0.25, -0.2) is 9.37 Å². The number of carbonyl (C=O) groups is 1. The van der Waals surface area contributed by atoms with Gasteiger partial charge in [0.25, 0.3) is 0 Å². The van der Waals surface area contributed by atoms with Gasteiger partial charge in [-0.15, -0.1) is 23.1 Å². The molecule has 4 rings (SSSR count). The van der Waals surface area contributed by atoms with E-state index in [4.69, 9.17) is 31.9 Å². The molecule has 2 N–H and O–H groups in total. The summed E-state index contributed by atoms with van der Waals surface area (Å²) >= 11 is 9.19. The number of hydrogen-bond donors (Lipinski definition) is 2. The summed E-state index contributed by atoms with van der Waals surface area (Å²) in [4.78, 5) is 17.3. The highest BCUT2D eigenvalue weighted by atomic mass is 35.5. The molecule has 2 aromatic carbocycles.